The van der Waals surface area contributed by atoms with Gasteiger partial charge < -0.3 is 15.0 Å². The molecule has 39 heavy (non-hydrogen) atoms. The summed E-state index contributed by atoms with van der Waals surface area (Å²) in [7, 11) is 0. The number of halogens is 3. The highest BCUT2D eigenvalue weighted by Crippen LogP contribution is 2.40. The first-order valence-corrected chi connectivity index (χ1v) is 13.4. The lowest BCUT2D eigenvalue weighted by atomic mass is 9.91. The van der Waals surface area contributed by atoms with Gasteiger partial charge in [0.25, 0.3) is 5.91 Å². The summed E-state index contributed by atoms with van der Waals surface area (Å²) >= 11 is 5.63. The van der Waals surface area contributed by atoms with Crippen LogP contribution in [0.15, 0.2) is 30.5 Å². The fraction of sp³-hybridized carbons (Fsp3) is 0.500. The molecule has 2 aliphatic rings. The molecule has 208 valence electrons. The average molecular weight is 560 g/mol. The average Bonchev–Trinajstić information content (AvgIpc) is 3.06. The van der Waals surface area contributed by atoms with Crippen molar-refractivity contribution in [3.63, 3.8) is 0 Å². The number of hydrogen-bond donors (Lipinski definition) is 1. The molecule has 1 amide bonds. The Morgan fingerprint density at radius 2 is 2.03 bits per heavy atom. The lowest BCUT2D eigenvalue weighted by molar-refractivity contribution is -0.137. The predicted molar refractivity (Wildman–Crippen MR) is 147 cm³/mol. The number of pyridine rings is 1. The highest BCUT2D eigenvalue weighted by atomic mass is 32.1. The summed E-state index contributed by atoms with van der Waals surface area (Å²) in [6, 6.07) is 7.06. The van der Waals surface area contributed by atoms with Crippen molar-refractivity contribution in [2.75, 3.05) is 23.0 Å². The van der Waals surface area contributed by atoms with Crippen molar-refractivity contribution in [2.24, 2.45) is 5.92 Å². The molecule has 0 radical (unpaired) electrons. The molecule has 0 bridgehead atoms. The minimum Gasteiger partial charge on any atom is -0.477 e. The smallest absolute Gasteiger partial charge is 0.417 e. The maximum Gasteiger partial charge on any atom is 0.417 e. The third-order valence-electron chi connectivity index (χ3n) is 7.40. The largest absolute Gasteiger partial charge is 0.477 e. The predicted octanol–water partition coefficient (Wildman–Crippen LogP) is 5.61. The van der Waals surface area contributed by atoms with Crippen molar-refractivity contribution in [3.05, 3.63) is 47.2 Å². The lowest BCUT2D eigenvalue weighted by Gasteiger charge is -2.30. The number of nitrogens with one attached hydrogen (secondary N) is 1. The number of aromatic nitrogens is 1. The van der Waals surface area contributed by atoms with E-state index in [-0.39, 0.29) is 10.8 Å². The van der Waals surface area contributed by atoms with Crippen LogP contribution < -0.4 is 19.9 Å². The van der Waals surface area contributed by atoms with E-state index in [0.717, 1.165) is 48.4 Å². The number of benzene rings is 1. The van der Waals surface area contributed by atoms with Crippen molar-refractivity contribution in [1.29, 1.82) is 5.26 Å². The highest BCUT2D eigenvalue weighted by Gasteiger charge is 2.51. The zero-order chi connectivity index (χ0) is 28.5. The van der Waals surface area contributed by atoms with E-state index in [9.17, 15) is 18.0 Å². The van der Waals surface area contributed by atoms with Gasteiger partial charge in [0.1, 0.15) is 5.54 Å². The molecule has 2 aromatic rings. The highest BCUT2D eigenvalue weighted by molar-refractivity contribution is 7.81. The fourth-order valence-electron chi connectivity index (χ4n) is 5.27. The first kappa shape index (κ1) is 28.8. The van der Waals surface area contributed by atoms with Crippen molar-refractivity contribution in [2.45, 2.75) is 71.1 Å². The van der Waals surface area contributed by atoms with Crippen LogP contribution in [0.4, 0.5) is 24.5 Å². The number of carbonyl (C=O) groups excluding carboxylic acids is 1. The number of carbonyl (C=O) groups is 1. The van der Waals surface area contributed by atoms with E-state index in [4.69, 9.17) is 22.2 Å². The maximum atomic E-state index is 13.6. The van der Waals surface area contributed by atoms with E-state index >= 15 is 0 Å². The number of amides is 1. The normalized spacial score (nSPS) is 21.3. The summed E-state index contributed by atoms with van der Waals surface area (Å²) in [5.41, 5.74) is -1.51. The fourth-order valence-corrected chi connectivity index (χ4v) is 5.79. The SMILES string of the molecule is CCc1cc(N2C(=S)N(c3ccc(C#N)c(C(F)(F)F)c3)C(=O)C2(C)C)cnc1OCC[C@@H]1CCN[C@H](C)C1. The van der Waals surface area contributed by atoms with E-state index in [1.165, 1.54) is 6.07 Å². The standard InChI is InChI=1S/C28H32F3N5O2S/c1-5-19-13-22(16-34-24(19)38-11-9-18-8-10-33-17(2)12-18)36-26(39)35(25(37)27(36,3)4)21-7-6-20(15-32)23(14-21)28(29,30)31/h6-7,13-14,16-18,33H,5,8-12H2,1-4H3/t17-,18+/m1/s1. The van der Waals surface area contributed by atoms with E-state index in [0.29, 0.717) is 36.6 Å². The van der Waals surface area contributed by atoms with Gasteiger partial charge in [-0.15, -0.1) is 0 Å². The van der Waals surface area contributed by atoms with Crippen LogP contribution >= 0.6 is 12.2 Å². The molecule has 1 aromatic heterocycles. The van der Waals surface area contributed by atoms with Gasteiger partial charge in [-0.25, -0.2) is 4.98 Å². The minimum absolute atomic E-state index is 0.0281. The summed E-state index contributed by atoms with van der Waals surface area (Å²) in [6.45, 7) is 9.05. The zero-order valence-corrected chi connectivity index (χ0v) is 23.2. The van der Waals surface area contributed by atoms with Crippen LogP contribution in [0, 0.1) is 17.2 Å². The summed E-state index contributed by atoms with van der Waals surface area (Å²) in [5.74, 6) is 0.640. The molecule has 7 nitrogen and oxygen atoms in total. The Labute approximate surface area is 231 Å². The Kier molecular flexibility index (Phi) is 8.19. The molecule has 0 saturated carbocycles. The van der Waals surface area contributed by atoms with Crippen LogP contribution in [0.3, 0.4) is 0 Å². The second-order valence-corrected chi connectivity index (χ2v) is 10.9. The number of piperidine rings is 1. The van der Waals surface area contributed by atoms with Gasteiger partial charge in [0.2, 0.25) is 5.88 Å². The molecule has 2 aliphatic heterocycles. The summed E-state index contributed by atoms with van der Waals surface area (Å²) < 4.78 is 46.9. The van der Waals surface area contributed by atoms with Gasteiger partial charge in [0, 0.05) is 11.6 Å². The van der Waals surface area contributed by atoms with Crippen molar-refractivity contribution < 1.29 is 22.7 Å². The van der Waals surface area contributed by atoms with Crippen LogP contribution in [-0.2, 0) is 17.4 Å². The Hall–Kier alpha value is -3.23. The summed E-state index contributed by atoms with van der Waals surface area (Å²) in [5, 5.41) is 12.6. The molecule has 2 fully saturated rings. The van der Waals surface area contributed by atoms with Crippen LogP contribution in [0.1, 0.15) is 63.6 Å². The molecule has 0 unspecified atom stereocenters. The van der Waals surface area contributed by atoms with Gasteiger partial charge in [0.05, 0.1) is 41.4 Å². The second-order valence-electron chi connectivity index (χ2n) is 10.6. The van der Waals surface area contributed by atoms with E-state index < -0.39 is 28.7 Å². The Morgan fingerprint density at radius 3 is 2.67 bits per heavy atom. The van der Waals surface area contributed by atoms with Gasteiger partial charge in [-0.3, -0.25) is 9.69 Å². The summed E-state index contributed by atoms with van der Waals surface area (Å²) in [6.07, 6.45) is 0.622. The zero-order valence-electron chi connectivity index (χ0n) is 22.4. The maximum absolute atomic E-state index is 13.6. The number of rotatable bonds is 7. The third-order valence-corrected chi connectivity index (χ3v) is 7.77. The quantitative estimate of drug-likeness (QED) is 0.442. The second kappa shape index (κ2) is 11.1. The van der Waals surface area contributed by atoms with Crippen molar-refractivity contribution in [3.8, 4) is 11.9 Å². The monoisotopic (exact) mass is 559 g/mol. The molecule has 1 N–H and O–H groups in total. The number of alkyl halides is 3. The van der Waals surface area contributed by atoms with Crippen molar-refractivity contribution >= 4 is 34.6 Å². The minimum atomic E-state index is -4.76. The number of ether oxygens (including phenoxy) is 1. The molecule has 1 aromatic carbocycles. The van der Waals surface area contributed by atoms with E-state index in [1.807, 2.05) is 13.0 Å². The molecular weight excluding hydrogens is 527 g/mol. The van der Waals surface area contributed by atoms with Crippen LogP contribution in [0.5, 0.6) is 5.88 Å². The molecule has 2 atom stereocenters. The number of nitrogens with zero attached hydrogens (tertiary/aromatic N) is 4. The topological polar surface area (TPSA) is 81.5 Å². The molecule has 0 aliphatic carbocycles. The van der Waals surface area contributed by atoms with Gasteiger partial charge in [0.15, 0.2) is 5.11 Å². The Morgan fingerprint density at radius 1 is 1.28 bits per heavy atom. The van der Waals surface area contributed by atoms with Gasteiger partial charge >= 0.3 is 6.18 Å². The molecule has 4 rings (SSSR count). The van der Waals surface area contributed by atoms with E-state index in [1.54, 1.807) is 31.0 Å². The number of aryl methyl sites for hydroxylation is 1. The van der Waals surface area contributed by atoms with Crippen LogP contribution in [0.25, 0.3) is 0 Å². The first-order chi connectivity index (χ1) is 18.4. The Bertz CT molecular complexity index is 1310. The lowest BCUT2D eigenvalue weighted by Crippen LogP contribution is -2.44. The molecule has 0 spiro atoms. The first-order valence-electron chi connectivity index (χ1n) is 13.0. The Balaban J connectivity index is 1.58. The third kappa shape index (κ3) is 5.72. The number of nitriles is 1. The summed E-state index contributed by atoms with van der Waals surface area (Å²) in [4.78, 5) is 20.7. The van der Waals surface area contributed by atoms with Gasteiger partial charge in [-0.2, -0.15) is 18.4 Å². The van der Waals surface area contributed by atoms with Gasteiger partial charge in [-0.05, 0) is 95.4 Å². The molecule has 11 heteroatoms. The number of thiocarbonyl (C=S) groups is 1. The molecule has 2 saturated heterocycles. The number of hydrogen-bond acceptors (Lipinski definition) is 6. The molecule has 3 heterocycles. The molecular formula is C28H32F3N5O2S. The van der Waals surface area contributed by atoms with Crippen LogP contribution in [-0.4, -0.2) is 40.7 Å². The van der Waals surface area contributed by atoms with Crippen molar-refractivity contribution in [1.82, 2.24) is 10.3 Å². The van der Waals surface area contributed by atoms with E-state index in [2.05, 4.69) is 17.2 Å². The van der Waals surface area contributed by atoms with Gasteiger partial charge in [-0.1, -0.05) is 6.92 Å². The van der Waals surface area contributed by atoms with Crippen LogP contribution in [0.2, 0.25) is 0 Å². The number of anilines is 2.